The van der Waals surface area contributed by atoms with Crippen LogP contribution in [0.15, 0.2) is 30.3 Å². The Morgan fingerprint density at radius 2 is 1.78 bits per heavy atom. The van der Waals surface area contributed by atoms with Crippen molar-refractivity contribution < 1.29 is 15.0 Å². The Balaban J connectivity index is 0.000000357. The van der Waals surface area contributed by atoms with Crippen LogP contribution in [-0.4, -0.2) is 43.2 Å². The summed E-state index contributed by atoms with van der Waals surface area (Å²) >= 11 is -0.172. The van der Waals surface area contributed by atoms with Gasteiger partial charge in [0, 0.05) is 6.92 Å². The first-order valence-corrected chi connectivity index (χ1v) is 8.70. The Morgan fingerprint density at radius 1 is 1.22 bits per heavy atom. The molecule has 1 fully saturated rings. The minimum atomic E-state index is -0.833. The number of hydrogen-bond donors (Lipinski definition) is 2. The van der Waals surface area contributed by atoms with Crippen LogP contribution in [0.25, 0.3) is 0 Å². The zero-order valence-corrected chi connectivity index (χ0v) is 12.9. The number of aliphatic hydroxyl groups excluding tert-OH is 1. The van der Waals surface area contributed by atoms with E-state index in [0.717, 1.165) is 13.3 Å². The number of benzene rings is 1. The minimum absolute atomic E-state index is 0.00800. The van der Waals surface area contributed by atoms with Gasteiger partial charge in [0.2, 0.25) is 0 Å². The number of carbonyl (C=O) groups is 1. The van der Waals surface area contributed by atoms with Crippen molar-refractivity contribution in [1.82, 2.24) is 0 Å². The monoisotopic (exact) mass is 366 g/mol. The molecule has 0 aliphatic heterocycles. The molecule has 2 atom stereocenters. The molecular formula is C14H20O3Te. The van der Waals surface area contributed by atoms with E-state index in [-0.39, 0.29) is 27.0 Å². The van der Waals surface area contributed by atoms with Crippen LogP contribution in [0, 0.1) is 0 Å². The molecule has 4 heteroatoms. The molecule has 0 aromatic heterocycles. The molecule has 0 spiro atoms. The predicted octanol–water partition coefficient (Wildman–Crippen LogP) is 1.83. The molecule has 0 amide bonds. The van der Waals surface area contributed by atoms with Gasteiger partial charge < -0.3 is 5.11 Å². The summed E-state index contributed by atoms with van der Waals surface area (Å²) in [6.45, 7) is 1.08. The van der Waals surface area contributed by atoms with Gasteiger partial charge in [0.15, 0.2) is 0 Å². The Morgan fingerprint density at radius 3 is 2.33 bits per heavy atom. The third kappa shape index (κ3) is 6.39. The predicted molar refractivity (Wildman–Crippen MR) is 73.4 cm³/mol. The number of carboxylic acids is 1. The fourth-order valence-corrected chi connectivity index (χ4v) is 5.43. The van der Waals surface area contributed by atoms with Crippen molar-refractivity contribution in [2.75, 3.05) is 0 Å². The number of aliphatic carboxylic acids is 1. The molecule has 1 aromatic carbocycles. The van der Waals surface area contributed by atoms with Crippen molar-refractivity contribution in [3.63, 3.8) is 0 Å². The first-order chi connectivity index (χ1) is 8.59. The second kappa shape index (κ2) is 8.53. The molecule has 0 heterocycles. The SMILES string of the molecule is CC(=O)O.O[C@@H]1CCCC[C@H]1[Te]c1ccccc1. The molecule has 1 saturated carbocycles. The summed E-state index contributed by atoms with van der Waals surface area (Å²) in [6.07, 6.45) is 4.81. The first kappa shape index (κ1) is 15.5. The Hall–Kier alpha value is -0.560. The standard InChI is InChI=1S/C12H16OTe.C2H4O2/c13-11-8-4-5-9-12(11)14-10-6-2-1-3-7-10;1-2(3)4/h1-3,6-7,11-13H,4-5,8-9H2;1H3,(H,3,4)/t11-,12-;/m1./s1. The molecule has 0 saturated heterocycles. The van der Waals surface area contributed by atoms with Crippen LogP contribution in [0.5, 0.6) is 0 Å². The number of aliphatic hydroxyl groups is 1. The molecule has 3 nitrogen and oxygen atoms in total. The molecule has 1 aliphatic rings. The molecule has 0 unspecified atom stereocenters. The van der Waals surface area contributed by atoms with Crippen molar-refractivity contribution in [2.24, 2.45) is 0 Å². The van der Waals surface area contributed by atoms with E-state index in [1.165, 1.54) is 22.9 Å². The summed E-state index contributed by atoms with van der Waals surface area (Å²) in [5.74, 6) is -0.833. The van der Waals surface area contributed by atoms with E-state index in [1.807, 2.05) is 0 Å². The van der Waals surface area contributed by atoms with Crippen LogP contribution < -0.4 is 3.61 Å². The molecule has 1 aromatic rings. The number of carboxylic acid groups (broad SMARTS) is 1. The van der Waals surface area contributed by atoms with Gasteiger partial charge in [0.05, 0.1) is 0 Å². The molecule has 2 N–H and O–H groups in total. The summed E-state index contributed by atoms with van der Waals surface area (Å²) in [5.41, 5.74) is 0. The van der Waals surface area contributed by atoms with E-state index < -0.39 is 5.97 Å². The van der Waals surface area contributed by atoms with Gasteiger partial charge in [-0.25, -0.2) is 0 Å². The molecule has 100 valence electrons. The van der Waals surface area contributed by atoms with Crippen LogP contribution in [0.4, 0.5) is 0 Å². The van der Waals surface area contributed by atoms with Crippen LogP contribution >= 0.6 is 0 Å². The van der Waals surface area contributed by atoms with Gasteiger partial charge in [-0.05, 0) is 0 Å². The van der Waals surface area contributed by atoms with E-state index in [1.54, 1.807) is 0 Å². The summed E-state index contributed by atoms with van der Waals surface area (Å²) in [6, 6.07) is 10.7. The molecule has 1 aliphatic carbocycles. The second-order valence-electron chi connectivity index (χ2n) is 4.34. The van der Waals surface area contributed by atoms with Crippen LogP contribution in [0.3, 0.4) is 0 Å². The molecular weight excluding hydrogens is 344 g/mol. The zero-order valence-electron chi connectivity index (χ0n) is 10.6. The van der Waals surface area contributed by atoms with Gasteiger partial charge in [-0.2, -0.15) is 0 Å². The average Bonchev–Trinajstić information content (AvgIpc) is 2.33. The zero-order chi connectivity index (χ0) is 13.4. The maximum atomic E-state index is 9.86. The molecule has 0 bridgehead atoms. The van der Waals surface area contributed by atoms with Gasteiger partial charge in [-0.3, -0.25) is 4.79 Å². The van der Waals surface area contributed by atoms with Crippen molar-refractivity contribution in [3.05, 3.63) is 30.3 Å². The van der Waals surface area contributed by atoms with Gasteiger partial charge in [-0.1, -0.05) is 0 Å². The van der Waals surface area contributed by atoms with Gasteiger partial charge >= 0.3 is 95.7 Å². The fourth-order valence-electron chi connectivity index (χ4n) is 1.89. The normalized spacial score (nSPS) is 22.8. The average molecular weight is 364 g/mol. The van der Waals surface area contributed by atoms with E-state index in [0.29, 0.717) is 3.97 Å². The Bertz CT molecular complexity index is 349. The van der Waals surface area contributed by atoms with Crippen molar-refractivity contribution in [1.29, 1.82) is 0 Å². The van der Waals surface area contributed by atoms with Crippen molar-refractivity contribution in [2.45, 2.75) is 42.7 Å². The fraction of sp³-hybridized carbons (Fsp3) is 0.500. The van der Waals surface area contributed by atoms with Crippen LogP contribution in [0.1, 0.15) is 32.6 Å². The Kier molecular flexibility index (Phi) is 7.34. The summed E-state index contributed by atoms with van der Waals surface area (Å²) < 4.78 is 2.11. The summed E-state index contributed by atoms with van der Waals surface area (Å²) in [5, 5.41) is 17.3. The first-order valence-electron chi connectivity index (χ1n) is 6.19. The van der Waals surface area contributed by atoms with Crippen LogP contribution in [0.2, 0.25) is 3.97 Å². The van der Waals surface area contributed by atoms with Gasteiger partial charge in [0.1, 0.15) is 0 Å². The third-order valence-electron chi connectivity index (χ3n) is 2.70. The van der Waals surface area contributed by atoms with Gasteiger partial charge in [-0.15, -0.1) is 0 Å². The van der Waals surface area contributed by atoms with Crippen molar-refractivity contribution >= 4 is 30.5 Å². The third-order valence-corrected chi connectivity index (χ3v) is 6.69. The molecule has 2 rings (SSSR count). The Labute approximate surface area is 118 Å². The van der Waals surface area contributed by atoms with E-state index in [4.69, 9.17) is 9.90 Å². The van der Waals surface area contributed by atoms with E-state index in [2.05, 4.69) is 30.3 Å². The molecule has 18 heavy (non-hydrogen) atoms. The molecule has 0 radical (unpaired) electrons. The maximum absolute atomic E-state index is 9.86. The number of rotatable bonds is 2. The second-order valence-corrected chi connectivity index (χ2v) is 8.09. The number of hydrogen-bond acceptors (Lipinski definition) is 2. The summed E-state index contributed by atoms with van der Waals surface area (Å²) in [7, 11) is 0. The van der Waals surface area contributed by atoms with Crippen molar-refractivity contribution in [3.8, 4) is 0 Å². The topological polar surface area (TPSA) is 57.5 Å². The quantitative estimate of drug-likeness (QED) is 0.788. The van der Waals surface area contributed by atoms with Crippen LogP contribution in [-0.2, 0) is 4.79 Å². The van der Waals surface area contributed by atoms with E-state index in [9.17, 15) is 5.11 Å². The summed E-state index contributed by atoms with van der Waals surface area (Å²) in [4.78, 5) is 9.00. The van der Waals surface area contributed by atoms with E-state index >= 15 is 0 Å². The van der Waals surface area contributed by atoms with Gasteiger partial charge in [0.25, 0.3) is 5.97 Å².